The fraction of sp³-hybridized carbons (Fsp3) is 0.381. The van der Waals surface area contributed by atoms with E-state index in [2.05, 4.69) is 5.32 Å². The molecule has 0 aromatic heterocycles. The van der Waals surface area contributed by atoms with E-state index in [4.69, 9.17) is 18.9 Å². The topological polar surface area (TPSA) is 66.0 Å². The van der Waals surface area contributed by atoms with E-state index in [-0.39, 0.29) is 11.9 Å². The van der Waals surface area contributed by atoms with Gasteiger partial charge in [-0.3, -0.25) is 4.79 Å². The highest BCUT2D eigenvalue weighted by Crippen LogP contribution is 2.31. The van der Waals surface area contributed by atoms with Crippen LogP contribution in [0.3, 0.4) is 0 Å². The number of carbonyl (C=O) groups is 1. The van der Waals surface area contributed by atoms with Crippen molar-refractivity contribution in [2.45, 2.75) is 25.8 Å². The molecule has 1 aliphatic rings. The van der Waals surface area contributed by atoms with Crippen LogP contribution in [0.4, 0.5) is 0 Å². The van der Waals surface area contributed by atoms with Gasteiger partial charge >= 0.3 is 0 Å². The van der Waals surface area contributed by atoms with Crippen molar-refractivity contribution in [1.29, 1.82) is 0 Å². The van der Waals surface area contributed by atoms with E-state index in [9.17, 15) is 4.79 Å². The van der Waals surface area contributed by atoms with Crippen molar-refractivity contribution in [1.82, 2.24) is 5.32 Å². The molecule has 0 saturated heterocycles. The van der Waals surface area contributed by atoms with E-state index >= 15 is 0 Å². The van der Waals surface area contributed by atoms with Crippen molar-refractivity contribution in [2.75, 3.05) is 27.4 Å². The average molecular weight is 371 g/mol. The lowest BCUT2D eigenvalue weighted by Crippen LogP contribution is -2.27. The molecule has 144 valence electrons. The highest BCUT2D eigenvalue weighted by molar-refractivity contribution is 5.77. The number of carbonyl (C=O) groups excluding carboxylic acids is 1. The summed E-state index contributed by atoms with van der Waals surface area (Å²) in [6.07, 6.45) is 1.01. The number of methoxy groups -OCH3 is 2. The number of amides is 1. The fourth-order valence-corrected chi connectivity index (χ4v) is 3.07. The zero-order valence-corrected chi connectivity index (χ0v) is 15.9. The van der Waals surface area contributed by atoms with E-state index in [0.717, 1.165) is 34.1 Å². The molecule has 0 spiro atoms. The highest BCUT2D eigenvalue weighted by Gasteiger charge is 2.16. The Bertz CT molecular complexity index is 805. The number of benzene rings is 2. The first-order valence-electron chi connectivity index (χ1n) is 9.00. The lowest BCUT2D eigenvalue weighted by Gasteiger charge is -2.19. The van der Waals surface area contributed by atoms with Crippen LogP contribution in [0.15, 0.2) is 36.4 Å². The molecule has 1 amide bonds. The summed E-state index contributed by atoms with van der Waals surface area (Å²) < 4.78 is 21.8. The van der Waals surface area contributed by atoms with E-state index in [0.29, 0.717) is 26.1 Å². The number of hydrogen-bond donors (Lipinski definition) is 1. The third-order valence-electron chi connectivity index (χ3n) is 4.53. The standard InChI is InChI=1S/C21H25NO5/c1-14(17-13-16(24-2)6-8-18(17)25-3)22-21(23)9-5-15-4-7-19-20(12-15)27-11-10-26-19/h4,6-8,12-14H,5,9-11H2,1-3H3,(H,22,23)/t14-/m0/s1. The molecule has 1 heterocycles. The Morgan fingerprint density at radius 3 is 2.59 bits per heavy atom. The van der Waals surface area contributed by atoms with Crippen molar-refractivity contribution in [3.05, 3.63) is 47.5 Å². The lowest BCUT2D eigenvalue weighted by molar-refractivity contribution is -0.121. The van der Waals surface area contributed by atoms with E-state index < -0.39 is 0 Å². The molecular weight excluding hydrogens is 346 g/mol. The number of aryl methyl sites for hydroxylation is 1. The Labute approximate surface area is 159 Å². The highest BCUT2D eigenvalue weighted by atomic mass is 16.6. The summed E-state index contributed by atoms with van der Waals surface area (Å²) in [5, 5.41) is 3.02. The molecule has 0 unspecified atom stereocenters. The predicted octanol–water partition coefficient (Wildman–Crippen LogP) is 3.29. The minimum Gasteiger partial charge on any atom is -0.497 e. The zero-order chi connectivity index (χ0) is 19.2. The van der Waals surface area contributed by atoms with Crippen LogP contribution in [0.5, 0.6) is 23.0 Å². The van der Waals surface area contributed by atoms with Crippen molar-refractivity contribution in [3.8, 4) is 23.0 Å². The minimum atomic E-state index is -0.192. The molecule has 0 radical (unpaired) electrons. The van der Waals surface area contributed by atoms with Gasteiger partial charge in [0.1, 0.15) is 24.7 Å². The molecule has 2 aromatic carbocycles. The normalized spacial score (nSPS) is 13.6. The van der Waals surface area contributed by atoms with Crippen molar-refractivity contribution in [3.63, 3.8) is 0 Å². The second-order valence-electron chi connectivity index (χ2n) is 6.38. The average Bonchev–Trinajstić information content (AvgIpc) is 2.71. The maximum absolute atomic E-state index is 12.4. The van der Waals surface area contributed by atoms with Crippen LogP contribution in [-0.4, -0.2) is 33.3 Å². The summed E-state index contributed by atoms with van der Waals surface area (Å²) in [5.41, 5.74) is 1.92. The van der Waals surface area contributed by atoms with Gasteiger partial charge in [0.2, 0.25) is 5.91 Å². The predicted molar refractivity (Wildman–Crippen MR) is 102 cm³/mol. The molecule has 6 heteroatoms. The van der Waals surface area contributed by atoms with Gasteiger partial charge in [-0.2, -0.15) is 0 Å². The molecule has 0 bridgehead atoms. The Morgan fingerprint density at radius 1 is 1.07 bits per heavy atom. The number of rotatable bonds is 7. The molecule has 0 saturated carbocycles. The maximum Gasteiger partial charge on any atom is 0.220 e. The zero-order valence-electron chi connectivity index (χ0n) is 15.9. The van der Waals surface area contributed by atoms with Gasteiger partial charge in [0, 0.05) is 12.0 Å². The Hall–Kier alpha value is -2.89. The molecule has 1 N–H and O–H groups in total. The third kappa shape index (κ3) is 4.64. The largest absolute Gasteiger partial charge is 0.497 e. The lowest BCUT2D eigenvalue weighted by atomic mass is 10.1. The second kappa shape index (κ2) is 8.66. The van der Waals surface area contributed by atoms with E-state index in [1.807, 2.05) is 43.3 Å². The molecule has 0 fully saturated rings. The van der Waals surface area contributed by atoms with Crippen LogP contribution in [0.1, 0.15) is 30.5 Å². The minimum absolute atomic E-state index is 0.0257. The third-order valence-corrected chi connectivity index (χ3v) is 4.53. The summed E-state index contributed by atoms with van der Waals surface area (Å²) >= 11 is 0. The second-order valence-corrected chi connectivity index (χ2v) is 6.38. The Balaban J connectivity index is 1.59. The fourth-order valence-electron chi connectivity index (χ4n) is 3.07. The first-order chi connectivity index (χ1) is 13.1. The van der Waals surface area contributed by atoms with Crippen molar-refractivity contribution in [2.24, 2.45) is 0 Å². The van der Waals surface area contributed by atoms with Crippen LogP contribution < -0.4 is 24.3 Å². The van der Waals surface area contributed by atoms with Crippen molar-refractivity contribution < 1.29 is 23.7 Å². The number of hydrogen-bond acceptors (Lipinski definition) is 5. The molecule has 1 atom stereocenters. The van der Waals surface area contributed by atoms with Gasteiger partial charge in [-0.1, -0.05) is 6.07 Å². The van der Waals surface area contributed by atoms with Gasteiger partial charge in [0.15, 0.2) is 11.5 Å². The smallest absolute Gasteiger partial charge is 0.220 e. The quantitative estimate of drug-likeness (QED) is 0.809. The number of ether oxygens (including phenoxy) is 4. The Kier molecular flexibility index (Phi) is 6.06. The molecule has 1 aliphatic heterocycles. The summed E-state index contributed by atoms with van der Waals surface area (Å²) in [7, 11) is 3.23. The molecule has 2 aromatic rings. The van der Waals surface area contributed by atoms with Gasteiger partial charge < -0.3 is 24.3 Å². The first kappa shape index (κ1) is 18.9. The summed E-state index contributed by atoms with van der Waals surface area (Å²) in [6, 6.07) is 11.2. The van der Waals surface area contributed by atoms with Crippen molar-refractivity contribution >= 4 is 5.91 Å². The SMILES string of the molecule is COc1ccc(OC)c([C@H](C)NC(=O)CCc2ccc3c(c2)OCCO3)c1. The van der Waals surface area contributed by atoms with Gasteiger partial charge in [0.05, 0.1) is 20.3 Å². The summed E-state index contributed by atoms with van der Waals surface area (Å²) in [5.74, 6) is 2.92. The van der Waals surface area contributed by atoms with E-state index in [1.165, 1.54) is 0 Å². The molecule has 27 heavy (non-hydrogen) atoms. The van der Waals surface area contributed by atoms with Crippen LogP contribution in [-0.2, 0) is 11.2 Å². The summed E-state index contributed by atoms with van der Waals surface area (Å²) in [6.45, 7) is 3.05. The maximum atomic E-state index is 12.4. The van der Waals surface area contributed by atoms with Gasteiger partial charge in [0.25, 0.3) is 0 Å². The van der Waals surface area contributed by atoms with Crippen LogP contribution in [0, 0.1) is 0 Å². The molecular formula is C21H25NO5. The van der Waals surface area contributed by atoms with Crippen LogP contribution in [0.2, 0.25) is 0 Å². The molecule has 0 aliphatic carbocycles. The number of fused-ring (bicyclic) bond motifs is 1. The monoisotopic (exact) mass is 371 g/mol. The Morgan fingerprint density at radius 2 is 1.85 bits per heavy atom. The van der Waals surface area contributed by atoms with Gasteiger partial charge in [-0.15, -0.1) is 0 Å². The first-order valence-corrected chi connectivity index (χ1v) is 9.00. The molecule has 3 rings (SSSR count). The van der Waals surface area contributed by atoms with E-state index in [1.54, 1.807) is 14.2 Å². The van der Waals surface area contributed by atoms with Crippen LogP contribution >= 0.6 is 0 Å². The summed E-state index contributed by atoms with van der Waals surface area (Å²) in [4.78, 5) is 12.4. The number of nitrogens with one attached hydrogen (secondary N) is 1. The van der Waals surface area contributed by atoms with Gasteiger partial charge in [-0.05, 0) is 49.2 Å². The van der Waals surface area contributed by atoms with Crippen LogP contribution in [0.25, 0.3) is 0 Å². The van der Waals surface area contributed by atoms with Gasteiger partial charge in [-0.25, -0.2) is 0 Å². The molecule has 6 nitrogen and oxygen atoms in total.